The normalized spacial score (nSPS) is 36.4. The molecule has 0 saturated heterocycles. The molecule has 1 aromatic heterocycles. The molecule has 1 N–H and O–H groups in total. The van der Waals surface area contributed by atoms with E-state index >= 15 is 0 Å². The third kappa shape index (κ3) is 1.59. The van der Waals surface area contributed by atoms with Gasteiger partial charge in [-0.3, -0.25) is 4.79 Å². The number of hydrogen-bond donors (Lipinski definition) is 1. The van der Waals surface area contributed by atoms with Crippen LogP contribution in [0.25, 0.3) is 0 Å². The summed E-state index contributed by atoms with van der Waals surface area (Å²) in [6, 6.07) is 0. The van der Waals surface area contributed by atoms with Crippen LogP contribution in [0.5, 0.6) is 0 Å². The fourth-order valence-electron chi connectivity index (χ4n) is 3.75. The topological polar surface area (TPSA) is 81.4 Å². The fraction of sp³-hybridized carbons (Fsp3) is 0.615. The standard InChI is InChI=1S/C13H16N2O4/c1-19-10(16)9-4-12(5-9)6-13(7-12,11(17)18)15-3-2-14-8-15/h2-3,8-9H,4-7H2,1H3,(H,17,18). The molecular weight excluding hydrogens is 248 g/mol. The summed E-state index contributed by atoms with van der Waals surface area (Å²) < 4.78 is 6.39. The van der Waals surface area contributed by atoms with Gasteiger partial charge in [0.05, 0.1) is 19.4 Å². The van der Waals surface area contributed by atoms with Crippen LogP contribution in [0, 0.1) is 11.3 Å². The lowest BCUT2D eigenvalue weighted by Gasteiger charge is -2.61. The maximum Gasteiger partial charge on any atom is 0.329 e. The molecule has 1 heterocycles. The van der Waals surface area contributed by atoms with Gasteiger partial charge in [0.1, 0.15) is 5.54 Å². The van der Waals surface area contributed by atoms with E-state index in [-0.39, 0.29) is 17.3 Å². The highest BCUT2D eigenvalue weighted by molar-refractivity contribution is 5.79. The summed E-state index contributed by atoms with van der Waals surface area (Å²) in [5.41, 5.74) is -0.876. The van der Waals surface area contributed by atoms with Gasteiger partial charge in [0.2, 0.25) is 0 Å². The van der Waals surface area contributed by atoms with Crippen LogP contribution >= 0.6 is 0 Å². The minimum Gasteiger partial charge on any atom is -0.479 e. The molecule has 0 amide bonds. The molecule has 0 atom stereocenters. The molecule has 6 heteroatoms. The monoisotopic (exact) mass is 264 g/mol. The van der Waals surface area contributed by atoms with Crippen LogP contribution in [0.2, 0.25) is 0 Å². The minimum absolute atomic E-state index is 0.00150. The van der Waals surface area contributed by atoms with Gasteiger partial charge in [-0.25, -0.2) is 9.78 Å². The maximum atomic E-state index is 11.6. The quantitative estimate of drug-likeness (QED) is 0.824. The Hall–Kier alpha value is -1.85. The van der Waals surface area contributed by atoms with Crippen molar-refractivity contribution in [1.29, 1.82) is 0 Å². The fourth-order valence-corrected chi connectivity index (χ4v) is 3.75. The van der Waals surface area contributed by atoms with E-state index in [4.69, 9.17) is 4.74 Å². The van der Waals surface area contributed by atoms with E-state index in [0.29, 0.717) is 12.8 Å². The molecule has 0 bridgehead atoms. The van der Waals surface area contributed by atoms with E-state index in [2.05, 4.69) is 4.98 Å². The van der Waals surface area contributed by atoms with Gasteiger partial charge in [0.25, 0.3) is 0 Å². The Balaban J connectivity index is 1.71. The maximum absolute atomic E-state index is 11.6. The van der Waals surface area contributed by atoms with Crippen molar-refractivity contribution in [2.75, 3.05) is 7.11 Å². The lowest BCUT2D eigenvalue weighted by molar-refractivity contribution is -0.184. The first-order chi connectivity index (χ1) is 9.01. The summed E-state index contributed by atoms with van der Waals surface area (Å²) >= 11 is 0. The molecule has 0 unspecified atom stereocenters. The highest BCUT2D eigenvalue weighted by atomic mass is 16.5. The van der Waals surface area contributed by atoms with E-state index in [1.54, 1.807) is 23.3 Å². The molecule has 0 radical (unpaired) electrons. The lowest BCUT2D eigenvalue weighted by atomic mass is 9.45. The van der Waals surface area contributed by atoms with Gasteiger partial charge in [-0.05, 0) is 31.1 Å². The molecule has 2 saturated carbocycles. The summed E-state index contributed by atoms with van der Waals surface area (Å²) in [5, 5.41) is 9.49. The molecular formula is C13H16N2O4. The number of carboxylic acid groups (broad SMARTS) is 1. The molecule has 1 spiro atoms. The van der Waals surface area contributed by atoms with Gasteiger partial charge in [-0.15, -0.1) is 0 Å². The first-order valence-corrected chi connectivity index (χ1v) is 6.31. The number of ether oxygens (including phenoxy) is 1. The van der Waals surface area contributed by atoms with Crippen molar-refractivity contribution in [3.05, 3.63) is 18.7 Å². The Morgan fingerprint density at radius 3 is 2.58 bits per heavy atom. The Kier molecular flexibility index (Phi) is 2.45. The predicted molar refractivity (Wildman–Crippen MR) is 64.2 cm³/mol. The molecule has 3 rings (SSSR count). The Labute approximate surface area is 110 Å². The van der Waals surface area contributed by atoms with E-state index in [0.717, 1.165) is 12.8 Å². The number of nitrogens with zero attached hydrogens (tertiary/aromatic N) is 2. The van der Waals surface area contributed by atoms with Crippen molar-refractivity contribution in [2.45, 2.75) is 31.2 Å². The zero-order chi connectivity index (χ0) is 13.7. The van der Waals surface area contributed by atoms with Crippen LogP contribution in [-0.4, -0.2) is 33.7 Å². The number of hydrogen-bond acceptors (Lipinski definition) is 4. The largest absolute Gasteiger partial charge is 0.479 e. The van der Waals surface area contributed by atoms with Gasteiger partial charge in [0.15, 0.2) is 0 Å². The van der Waals surface area contributed by atoms with Crippen molar-refractivity contribution in [3.63, 3.8) is 0 Å². The molecule has 0 aliphatic heterocycles. The second-order valence-corrected chi connectivity index (χ2v) is 5.79. The molecule has 2 aliphatic rings. The Morgan fingerprint density at radius 2 is 2.11 bits per heavy atom. The van der Waals surface area contributed by atoms with Crippen LogP contribution in [0.3, 0.4) is 0 Å². The van der Waals surface area contributed by atoms with Crippen molar-refractivity contribution >= 4 is 11.9 Å². The van der Waals surface area contributed by atoms with E-state index in [1.807, 2.05) is 0 Å². The molecule has 19 heavy (non-hydrogen) atoms. The van der Waals surface area contributed by atoms with Crippen molar-refractivity contribution < 1.29 is 19.4 Å². The van der Waals surface area contributed by atoms with Crippen LogP contribution in [0.1, 0.15) is 25.7 Å². The second kappa shape index (κ2) is 3.82. The number of rotatable bonds is 3. The van der Waals surface area contributed by atoms with Crippen LogP contribution in [0.15, 0.2) is 18.7 Å². The minimum atomic E-state index is -0.877. The number of carbonyl (C=O) groups excluding carboxylic acids is 1. The number of aliphatic carboxylic acids is 1. The van der Waals surface area contributed by atoms with Crippen LogP contribution < -0.4 is 0 Å². The summed E-state index contributed by atoms with van der Waals surface area (Å²) in [6.45, 7) is 0. The highest BCUT2D eigenvalue weighted by Crippen LogP contribution is 2.65. The number of imidazole rings is 1. The van der Waals surface area contributed by atoms with E-state index < -0.39 is 11.5 Å². The molecule has 102 valence electrons. The van der Waals surface area contributed by atoms with Gasteiger partial charge in [-0.2, -0.15) is 0 Å². The summed E-state index contributed by atoms with van der Waals surface area (Å²) in [4.78, 5) is 26.9. The first kappa shape index (κ1) is 12.2. The number of methoxy groups -OCH3 is 1. The molecule has 2 fully saturated rings. The van der Waals surface area contributed by atoms with E-state index in [1.165, 1.54) is 7.11 Å². The molecule has 1 aromatic rings. The number of carbonyl (C=O) groups is 2. The number of carboxylic acids is 1. The Bertz CT molecular complexity index is 509. The average Bonchev–Trinajstić information content (AvgIpc) is 2.78. The zero-order valence-electron chi connectivity index (χ0n) is 10.7. The molecule has 6 nitrogen and oxygen atoms in total. The summed E-state index contributed by atoms with van der Waals surface area (Å²) in [6.07, 6.45) is 7.45. The average molecular weight is 264 g/mol. The van der Waals surface area contributed by atoms with Crippen molar-refractivity contribution in [1.82, 2.24) is 9.55 Å². The van der Waals surface area contributed by atoms with Crippen molar-refractivity contribution in [2.24, 2.45) is 11.3 Å². The highest BCUT2D eigenvalue weighted by Gasteiger charge is 2.65. The van der Waals surface area contributed by atoms with Gasteiger partial charge < -0.3 is 14.4 Å². The second-order valence-electron chi connectivity index (χ2n) is 5.79. The summed E-state index contributed by atoms with van der Waals surface area (Å²) in [7, 11) is 1.39. The van der Waals surface area contributed by atoms with Gasteiger partial charge in [0, 0.05) is 12.4 Å². The first-order valence-electron chi connectivity index (χ1n) is 6.31. The molecule has 0 aromatic carbocycles. The number of esters is 1. The zero-order valence-corrected chi connectivity index (χ0v) is 10.7. The van der Waals surface area contributed by atoms with Crippen molar-refractivity contribution in [3.8, 4) is 0 Å². The smallest absolute Gasteiger partial charge is 0.329 e. The summed E-state index contributed by atoms with van der Waals surface area (Å²) in [5.74, 6) is -1.06. The lowest BCUT2D eigenvalue weighted by Crippen LogP contribution is -2.62. The Morgan fingerprint density at radius 1 is 1.42 bits per heavy atom. The van der Waals surface area contributed by atoms with E-state index in [9.17, 15) is 14.7 Å². The van der Waals surface area contributed by atoms with Crippen LogP contribution in [-0.2, 0) is 19.9 Å². The number of aromatic nitrogens is 2. The predicted octanol–water partition coefficient (Wildman–Crippen LogP) is 1.03. The third-order valence-corrected chi connectivity index (χ3v) is 4.62. The molecule has 2 aliphatic carbocycles. The van der Waals surface area contributed by atoms with Gasteiger partial charge in [-0.1, -0.05) is 0 Å². The van der Waals surface area contributed by atoms with Gasteiger partial charge >= 0.3 is 11.9 Å². The third-order valence-electron chi connectivity index (χ3n) is 4.62. The SMILES string of the molecule is COC(=O)C1CC2(C1)CC(C(=O)O)(n1ccnc1)C2. The van der Waals surface area contributed by atoms with Crippen LogP contribution in [0.4, 0.5) is 0 Å².